The number of carbonyl (C=O) groups is 1. The summed E-state index contributed by atoms with van der Waals surface area (Å²) in [6.07, 6.45) is 1.04. The van der Waals surface area contributed by atoms with E-state index in [9.17, 15) is 14.3 Å². The van der Waals surface area contributed by atoms with Gasteiger partial charge in [0.15, 0.2) is 0 Å². The Labute approximate surface area is 119 Å². The molecule has 1 aliphatic heterocycles. The van der Waals surface area contributed by atoms with Gasteiger partial charge in [-0.3, -0.25) is 4.79 Å². The molecule has 0 bridgehead atoms. The van der Waals surface area contributed by atoms with Gasteiger partial charge in [-0.1, -0.05) is 6.07 Å². The molecule has 0 saturated carbocycles. The summed E-state index contributed by atoms with van der Waals surface area (Å²) in [5.74, 6) is -1.12. The Hall–Kier alpha value is -0.980. The third-order valence-corrected chi connectivity index (χ3v) is 3.94. The quantitative estimate of drug-likeness (QED) is 0.888. The summed E-state index contributed by atoms with van der Waals surface area (Å²) in [6.45, 7) is 0.765. The molecular formula is C13H15BrFNO3. The molecule has 0 unspecified atom stereocenters. The van der Waals surface area contributed by atoms with Gasteiger partial charge in [-0.05, 0) is 40.9 Å². The van der Waals surface area contributed by atoms with Crippen molar-refractivity contribution >= 4 is 21.8 Å². The van der Waals surface area contributed by atoms with Gasteiger partial charge in [0, 0.05) is 13.2 Å². The number of halogens is 2. The Bertz CT molecular complexity index is 475. The molecule has 0 spiro atoms. The van der Waals surface area contributed by atoms with E-state index in [-0.39, 0.29) is 16.6 Å². The van der Waals surface area contributed by atoms with E-state index in [1.54, 1.807) is 6.07 Å². The highest BCUT2D eigenvalue weighted by Crippen LogP contribution is 2.23. The fourth-order valence-electron chi connectivity index (χ4n) is 2.07. The van der Waals surface area contributed by atoms with Crippen molar-refractivity contribution < 1.29 is 19.0 Å². The SMILES string of the molecule is O=C(NC1(CO)CCOCC1)c1cccc(Br)c1F. The summed E-state index contributed by atoms with van der Waals surface area (Å²) < 4.78 is 19.3. The molecule has 1 fully saturated rings. The molecule has 1 amide bonds. The molecule has 19 heavy (non-hydrogen) atoms. The van der Waals surface area contributed by atoms with E-state index < -0.39 is 17.3 Å². The predicted molar refractivity (Wildman–Crippen MR) is 71.4 cm³/mol. The number of hydrogen-bond donors (Lipinski definition) is 2. The monoisotopic (exact) mass is 331 g/mol. The molecule has 0 aromatic heterocycles. The lowest BCUT2D eigenvalue weighted by Gasteiger charge is -2.36. The first-order valence-electron chi connectivity index (χ1n) is 6.03. The summed E-state index contributed by atoms with van der Waals surface area (Å²) in [5.41, 5.74) is -0.752. The Morgan fingerprint density at radius 2 is 2.16 bits per heavy atom. The highest BCUT2D eigenvalue weighted by Gasteiger charge is 2.34. The van der Waals surface area contributed by atoms with E-state index in [1.165, 1.54) is 12.1 Å². The molecule has 1 aromatic rings. The lowest BCUT2D eigenvalue weighted by atomic mass is 9.90. The molecule has 1 aromatic carbocycles. The van der Waals surface area contributed by atoms with E-state index in [0.717, 1.165) is 0 Å². The van der Waals surface area contributed by atoms with Gasteiger partial charge in [-0.25, -0.2) is 4.39 Å². The molecule has 1 saturated heterocycles. The number of amides is 1. The van der Waals surface area contributed by atoms with E-state index >= 15 is 0 Å². The fraction of sp³-hybridized carbons (Fsp3) is 0.462. The molecule has 0 atom stereocenters. The Balaban J connectivity index is 2.17. The molecule has 0 aliphatic carbocycles. The van der Waals surface area contributed by atoms with E-state index in [1.807, 2.05) is 0 Å². The molecule has 104 valence electrons. The average molecular weight is 332 g/mol. The lowest BCUT2D eigenvalue weighted by Crippen LogP contribution is -2.54. The number of aliphatic hydroxyl groups excluding tert-OH is 1. The van der Waals surface area contributed by atoms with Crippen LogP contribution in [-0.2, 0) is 4.74 Å². The summed E-state index contributed by atoms with van der Waals surface area (Å²) in [4.78, 5) is 12.1. The number of aliphatic hydroxyl groups is 1. The van der Waals surface area contributed by atoms with Gasteiger partial charge >= 0.3 is 0 Å². The van der Waals surface area contributed by atoms with E-state index in [0.29, 0.717) is 26.1 Å². The van der Waals surface area contributed by atoms with Gasteiger partial charge < -0.3 is 15.2 Å². The molecule has 1 heterocycles. The first kappa shape index (κ1) is 14.4. The number of nitrogens with one attached hydrogen (secondary N) is 1. The smallest absolute Gasteiger partial charge is 0.254 e. The van der Waals surface area contributed by atoms with Crippen LogP contribution < -0.4 is 5.32 Å². The second-order valence-electron chi connectivity index (χ2n) is 4.61. The van der Waals surface area contributed by atoms with Gasteiger partial charge in [-0.2, -0.15) is 0 Å². The maximum Gasteiger partial charge on any atom is 0.254 e. The standard InChI is InChI=1S/C13H15BrFNO3/c14-10-3-1-2-9(11(10)15)12(18)16-13(8-17)4-6-19-7-5-13/h1-3,17H,4-8H2,(H,16,18). The van der Waals surface area contributed by atoms with Gasteiger partial charge in [0.25, 0.3) is 5.91 Å². The Kier molecular flexibility index (Phi) is 4.54. The maximum atomic E-state index is 13.8. The molecule has 0 radical (unpaired) electrons. The predicted octanol–water partition coefficient (Wildman–Crippen LogP) is 1.86. The first-order chi connectivity index (χ1) is 9.08. The van der Waals surface area contributed by atoms with E-state index in [4.69, 9.17) is 4.74 Å². The zero-order valence-electron chi connectivity index (χ0n) is 10.3. The minimum atomic E-state index is -0.718. The Morgan fingerprint density at radius 1 is 1.47 bits per heavy atom. The third kappa shape index (κ3) is 3.13. The van der Waals surface area contributed by atoms with Crippen molar-refractivity contribution in [1.29, 1.82) is 0 Å². The third-order valence-electron chi connectivity index (χ3n) is 3.33. The summed E-state index contributed by atoms with van der Waals surface area (Å²) in [7, 11) is 0. The molecule has 6 heteroatoms. The van der Waals surface area contributed by atoms with Gasteiger partial charge in [0.05, 0.1) is 22.2 Å². The number of hydrogen-bond acceptors (Lipinski definition) is 3. The zero-order chi connectivity index (χ0) is 13.9. The van der Waals surface area contributed by atoms with Crippen LogP contribution in [0.5, 0.6) is 0 Å². The number of benzene rings is 1. The Morgan fingerprint density at radius 3 is 2.79 bits per heavy atom. The summed E-state index contributed by atoms with van der Waals surface area (Å²) in [5, 5.41) is 12.2. The molecular weight excluding hydrogens is 317 g/mol. The topological polar surface area (TPSA) is 58.6 Å². The van der Waals surface area contributed by atoms with Gasteiger partial charge in [0.1, 0.15) is 5.82 Å². The number of carbonyl (C=O) groups excluding carboxylic acids is 1. The molecule has 2 rings (SSSR count). The first-order valence-corrected chi connectivity index (χ1v) is 6.82. The van der Waals surface area contributed by atoms with Crippen LogP contribution in [0.3, 0.4) is 0 Å². The van der Waals surface area contributed by atoms with Crippen LogP contribution in [0.25, 0.3) is 0 Å². The second-order valence-corrected chi connectivity index (χ2v) is 5.46. The number of rotatable bonds is 3. The lowest BCUT2D eigenvalue weighted by molar-refractivity contribution is 0.0124. The van der Waals surface area contributed by atoms with Crippen molar-refractivity contribution in [1.82, 2.24) is 5.32 Å². The van der Waals surface area contributed by atoms with Crippen molar-refractivity contribution in [2.75, 3.05) is 19.8 Å². The van der Waals surface area contributed by atoms with Crippen LogP contribution in [0, 0.1) is 5.82 Å². The van der Waals surface area contributed by atoms with Crippen LogP contribution in [0.2, 0.25) is 0 Å². The highest BCUT2D eigenvalue weighted by molar-refractivity contribution is 9.10. The van der Waals surface area contributed by atoms with E-state index in [2.05, 4.69) is 21.2 Å². The van der Waals surface area contributed by atoms with Crippen molar-refractivity contribution in [2.45, 2.75) is 18.4 Å². The average Bonchev–Trinajstić information content (AvgIpc) is 2.42. The van der Waals surface area contributed by atoms with Crippen LogP contribution in [-0.4, -0.2) is 36.4 Å². The minimum Gasteiger partial charge on any atom is -0.394 e. The zero-order valence-corrected chi connectivity index (χ0v) is 11.9. The fourth-order valence-corrected chi connectivity index (χ4v) is 2.44. The molecule has 4 nitrogen and oxygen atoms in total. The van der Waals surface area contributed by atoms with Crippen molar-refractivity contribution in [2.24, 2.45) is 0 Å². The minimum absolute atomic E-state index is 0.0336. The van der Waals surface area contributed by atoms with Crippen LogP contribution >= 0.6 is 15.9 Å². The van der Waals surface area contributed by atoms with Crippen LogP contribution in [0.1, 0.15) is 23.2 Å². The maximum absolute atomic E-state index is 13.8. The van der Waals surface area contributed by atoms with Crippen molar-refractivity contribution in [3.05, 3.63) is 34.1 Å². The van der Waals surface area contributed by atoms with Crippen LogP contribution in [0.4, 0.5) is 4.39 Å². The van der Waals surface area contributed by atoms with Gasteiger partial charge in [0.2, 0.25) is 0 Å². The largest absolute Gasteiger partial charge is 0.394 e. The summed E-state index contributed by atoms with van der Waals surface area (Å²) >= 11 is 3.05. The summed E-state index contributed by atoms with van der Waals surface area (Å²) in [6, 6.07) is 4.54. The normalized spacial score (nSPS) is 18.1. The van der Waals surface area contributed by atoms with Crippen molar-refractivity contribution in [3.8, 4) is 0 Å². The molecule has 2 N–H and O–H groups in total. The number of ether oxygens (including phenoxy) is 1. The van der Waals surface area contributed by atoms with Crippen LogP contribution in [0.15, 0.2) is 22.7 Å². The van der Waals surface area contributed by atoms with Crippen molar-refractivity contribution in [3.63, 3.8) is 0 Å². The second kappa shape index (κ2) is 5.98. The highest BCUT2D eigenvalue weighted by atomic mass is 79.9. The molecule has 1 aliphatic rings. The van der Waals surface area contributed by atoms with Gasteiger partial charge in [-0.15, -0.1) is 0 Å².